The smallest absolute Gasteiger partial charge is 0.337 e. The Hall–Kier alpha value is -2.04. The summed E-state index contributed by atoms with van der Waals surface area (Å²) < 4.78 is 4.70. The van der Waals surface area contributed by atoms with Crippen LogP contribution in [0.4, 0.5) is 5.69 Å². The largest absolute Gasteiger partial charge is 0.478 e. The van der Waals surface area contributed by atoms with E-state index in [0.717, 1.165) is 0 Å². The number of rotatable bonds is 5. The Morgan fingerprint density at radius 2 is 1.89 bits per heavy atom. The number of nitrogens with one attached hydrogen (secondary N) is 1. The van der Waals surface area contributed by atoms with Gasteiger partial charge < -0.3 is 15.2 Å². The summed E-state index contributed by atoms with van der Waals surface area (Å²) in [6.07, 6.45) is 0. The van der Waals surface area contributed by atoms with E-state index in [1.54, 1.807) is 18.2 Å². The van der Waals surface area contributed by atoms with Gasteiger partial charge in [0.25, 0.3) is 0 Å². The van der Waals surface area contributed by atoms with Crippen molar-refractivity contribution in [2.24, 2.45) is 5.92 Å². The molecule has 1 aromatic rings. The van der Waals surface area contributed by atoms with E-state index in [1.165, 1.54) is 13.2 Å². The fourth-order valence-electron chi connectivity index (χ4n) is 1.59. The molecule has 1 aromatic carbocycles. The van der Waals surface area contributed by atoms with Gasteiger partial charge in [-0.3, -0.25) is 0 Å². The molecule has 2 N–H and O–H groups in total. The highest BCUT2D eigenvalue weighted by Gasteiger charge is 2.24. The maximum absolute atomic E-state index is 11.6. The Bertz CT molecular complexity index is 442. The Balaban J connectivity index is 3.01. The van der Waals surface area contributed by atoms with Gasteiger partial charge in [0.2, 0.25) is 0 Å². The second kappa shape index (κ2) is 6.05. The first-order valence-corrected chi connectivity index (χ1v) is 5.64. The van der Waals surface area contributed by atoms with Gasteiger partial charge in [-0.25, -0.2) is 9.59 Å². The van der Waals surface area contributed by atoms with Gasteiger partial charge in [0.1, 0.15) is 6.04 Å². The molecule has 0 spiro atoms. The molecular formula is C13H17NO4. The number of hydrogen-bond donors (Lipinski definition) is 2. The first-order valence-electron chi connectivity index (χ1n) is 5.64. The maximum atomic E-state index is 11.6. The summed E-state index contributed by atoms with van der Waals surface area (Å²) in [5.74, 6) is -1.46. The molecule has 5 heteroatoms. The van der Waals surface area contributed by atoms with Crippen LogP contribution < -0.4 is 5.32 Å². The zero-order valence-corrected chi connectivity index (χ0v) is 10.6. The van der Waals surface area contributed by atoms with Gasteiger partial charge in [-0.05, 0) is 18.1 Å². The van der Waals surface area contributed by atoms with E-state index in [-0.39, 0.29) is 11.5 Å². The second-order valence-corrected chi connectivity index (χ2v) is 4.24. The summed E-state index contributed by atoms with van der Waals surface area (Å²) in [6.45, 7) is 3.72. The number of esters is 1. The monoisotopic (exact) mass is 251 g/mol. The fourth-order valence-corrected chi connectivity index (χ4v) is 1.59. The third kappa shape index (κ3) is 3.23. The maximum Gasteiger partial charge on any atom is 0.337 e. The van der Waals surface area contributed by atoms with Gasteiger partial charge in [-0.2, -0.15) is 0 Å². The number of para-hydroxylation sites is 1. The van der Waals surface area contributed by atoms with Gasteiger partial charge >= 0.3 is 11.9 Å². The summed E-state index contributed by atoms with van der Waals surface area (Å²) in [7, 11) is 1.31. The second-order valence-electron chi connectivity index (χ2n) is 4.24. The molecule has 18 heavy (non-hydrogen) atoms. The zero-order chi connectivity index (χ0) is 13.7. The number of aromatic carboxylic acids is 1. The van der Waals surface area contributed by atoms with Crippen LogP contribution in [0.15, 0.2) is 24.3 Å². The van der Waals surface area contributed by atoms with Crippen molar-refractivity contribution >= 4 is 17.6 Å². The summed E-state index contributed by atoms with van der Waals surface area (Å²) in [6, 6.07) is 5.89. The van der Waals surface area contributed by atoms with Crippen LogP contribution in [-0.2, 0) is 9.53 Å². The normalized spacial score (nSPS) is 12.0. The molecule has 5 nitrogen and oxygen atoms in total. The van der Waals surface area contributed by atoms with E-state index in [1.807, 2.05) is 13.8 Å². The van der Waals surface area contributed by atoms with Crippen molar-refractivity contribution in [3.63, 3.8) is 0 Å². The van der Waals surface area contributed by atoms with E-state index in [0.29, 0.717) is 5.69 Å². The molecule has 0 saturated heterocycles. The lowest BCUT2D eigenvalue weighted by Gasteiger charge is -2.21. The number of carbonyl (C=O) groups excluding carboxylic acids is 1. The van der Waals surface area contributed by atoms with Gasteiger partial charge in [0, 0.05) is 5.69 Å². The quantitative estimate of drug-likeness (QED) is 0.783. The van der Waals surface area contributed by atoms with Crippen LogP contribution in [0.1, 0.15) is 24.2 Å². The van der Waals surface area contributed by atoms with Gasteiger partial charge in [0.15, 0.2) is 0 Å². The van der Waals surface area contributed by atoms with E-state index >= 15 is 0 Å². The number of carboxylic acids is 1. The van der Waals surface area contributed by atoms with Crippen molar-refractivity contribution in [1.82, 2.24) is 0 Å². The van der Waals surface area contributed by atoms with Crippen LogP contribution in [0.3, 0.4) is 0 Å². The average molecular weight is 251 g/mol. The lowest BCUT2D eigenvalue weighted by molar-refractivity contribution is -0.142. The van der Waals surface area contributed by atoms with E-state index < -0.39 is 18.0 Å². The summed E-state index contributed by atoms with van der Waals surface area (Å²) in [5, 5.41) is 12.0. The molecule has 0 bridgehead atoms. The molecule has 0 heterocycles. The van der Waals surface area contributed by atoms with Crippen LogP contribution >= 0.6 is 0 Å². The molecule has 1 rings (SSSR count). The summed E-state index contributed by atoms with van der Waals surface area (Å²) in [4.78, 5) is 22.7. The highest BCUT2D eigenvalue weighted by molar-refractivity contribution is 5.95. The molecule has 98 valence electrons. The van der Waals surface area contributed by atoms with Crippen molar-refractivity contribution in [3.8, 4) is 0 Å². The first-order chi connectivity index (χ1) is 8.47. The predicted molar refractivity (Wildman–Crippen MR) is 67.7 cm³/mol. The molecular weight excluding hydrogens is 234 g/mol. The van der Waals surface area contributed by atoms with Crippen LogP contribution in [-0.4, -0.2) is 30.2 Å². The van der Waals surface area contributed by atoms with Crippen LogP contribution in [0.2, 0.25) is 0 Å². The third-order valence-corrected chi connectivity index (χ3v) is 2.59. The predicted octanol–water partition coefficient (Wildman–Crippen LogP) is 1.99. The standard InChI is InChI=1S/C13H17NO4/c1-8(2)11(13(17)18-3)14-10-7-5-4-6-9(10)12(15)16/h4-8,11,14H,1-3H3,(H,15,16). The van der Waals surface area contributed by atoms with E-state index in [4.69, 9.17) is 9.84 Å². The topological polar surface area (TPSA) is 75.6 Å². The highest BCUT2D eigenvalue weighted by atomic mass is 16.5. The molecule has 1 atom stereocenters. The molecule has 0 aliphatic heterocycles. The molecule has 0 fully saturated rings. The minimum atomic E-state index is -1.04. The Morgan fingerprint density at radius 3 is 2.39 bits per heavy atom. The number of benzene rings is 1. The Kier molecular flexibility index (Phi) is 4.71. The minimum absolute atomic E-state index is 0.0145. The first kappa shape index (κ1) is 14.0. The van der Waals surface area contributed by atoms with Crippen LogP contribution in [0.25, 0.3) is 0 Å². The number of carbonyl (C=O) groups is 2. The van der Waals surface area contributed by atoms with Crippen molar-refractivity contribution in [3.05, 3.63) is 29.8 Å². The van der Waals surface area contributed by atoms with Crippen molar-refractivity contribution < 1.29 is 19.4 Å². The zero-order valence-electron chi connectivity index (χ0n) is 10.6. The van der Waals surface area contributed by atoms with E-state index in [2.05, 4.69) is 5.32 Å². The number of carboxylic acid groups (broad SMARTS) is 1. The van der Waals surface area contributed by atoms with Crippen molar-refractivity contribution in [2.75, 3.05) is 12.4 Å². The molecule has 0 radical (unpaired) electrons. The molecule has 0 aromatic heterocycles. The lowest BCUT2D eigenvalue weighted by Crippen LogP contribution is -2.36. The van der Waals surface area contributed by atoms with E-state index in [9.17, 15) is 9.59 Å². The number of hydrogen-bond acceptors (Lipinski definition) is 4. The molecule has 1 unspecified atom stereocenters. The summed E-state index contributed by atoms with van der Waals surface area (Å²) in [5.41, 5.74) is 0.543. The number of methoxy groups -OCH3 is 1. The van der Waals surface area contributed by atoms with Crippen LogP contribution in [0.5, 0.6) is 0 Å². The van der Waals surface area contributed by atoms with Crippen molar-refractivity contribution in [2.45, 2.75) is 19.9 Å². The SMILES string of the molecule is COC(=O)C(Nc1ccccc1C(=O)O)C(C)C. The van der Waals surface area contributed by atoms with Crippen LogP contribution in [0, 0.1) is 5.92 Å². The Labute approximate surface area is 106 Å². The molecule has 0 aliphatic carbocycles. The molecule has 0 aliphatic rings. The third-order valence-electron chi connectivity index (χ3n) is 2.59. The minimum Gasteiger partial charge on any atom is -0.478 e. The fraction of sp³-hybridized carbons (Fsp3) is 0.385. The summed E-state index contributed by atoms with van der Waals surface area (Å²) >= 11 is 0. The highest BCUT2D eigenvalue weighted by Crippen LogP contribution is 2.19. The molecule has 0 amide bonds. The van der Waals surface area contributed by atoms with Gasteiger partial charge in [-0.1, -0.05) is 26.0 Å². The number of ether oxygens (including phenoxy) is 1. The molecule has 0 saturated carbocycles. The van der Waals surface area contributed by atoms with Gasteiger partial charge in [0.05, 0.1) is 12.7 Å². The average Bonchev–Trinajstić information content (AvgIpc) is 2.34. The van der Waals surface area contributed by atoms with Crippen molar-refractivity contribution in [1.29, 1.82) is 0 Å². The lowest BCUT2D eigenvalue weighted by atomic mass is 10.0. The Morgan fingerprint density at radius 1 is 1.28 bits per heavy atom. The van der Waals surface area contributed by atoms with Gasteiger partial charge in [-0.15, -0.1) is 0 Å². The number of anilines is 1.